The molecule has 0 radical (unpaired) electrons. The van der Waals surface area contributed by atoms with Crippen molar-refractivity contribution in [3.63, 3.8) is 0 Å². The molecule has 0 atom stereocenters. The minimum atomic E-state index is -4.57. The Balaban J connectivity index is 1.99. The molecule has 0 heterocycles. The van der Waals surface area contributed by atoms with E-state index in [4.69, 9.17) is 5.84 Å². The number of anilines is 1. The first-order valence-electron chi connectivity index (χ1n) is 6.88. The number of amides is 1. The SMILES string of the molecule is NNc1ccc(C(=O)NCCCC2CC2)cc1C(F)(F)F. The summed E-state index contributed by atoms with van der Waals surface area (Å²) in [6, 6.07) is 3.29. The molecule has 0 aliphatic heterocycles. The third-order valence-electron chi connectivity index (χ3n) is 3.51. The molecular weight excluding hydrogens is 283 g/mol. The Hall–Kier alpha value is -1.76. The summed E-state index contributed by atoms with van der Waals surface area (Å²) < 4.78 is 38.6. The molecule has 0 bridgehead atoms. The molecule has 1 aliphatic rings. The van der Waals surface area contributed by atoms with E-state index < -0.39 is 17.6 Å². The standard InChI is InChI=1S/C14H18F3N3O/c15-14(16,17)11-8-10(5-6-12(11)20-18)13(21)19-7-1-2-9-3-4-9/h5-6,8-9,20H,1-4,7,18H2,(H,19,21). The summed E-state index contributed by atoms with van der Waals surface area (Å²) >= 11 is 0. The Kier molecular flexibility index (Phi) is 4.72. The van der Waals surface area contributed by atoms with Gasteiger partial charge in [-0.3, -0.25) is 10.6 Å². The number of hydrazine groups is 1. The number of carbonyl (C=O) groups excluding carboxylic acids is 1. The van der Waals surface area contributed by atoms with Gasteiger partial charge in [0, 0.05) is 12.1 Å². The number of benzene rings is 1. The van der Waals surface area contributed by atoms with Crippen LogP contribution in [0.15, 0.2) is 18.2 Å². The van der Waals surface area contributed by atoms with Crippen molar-refractivity contribution in [3.8, 4) is 0 Å². The van der Waals surface area contributed by atoms with Gasteiger partial charge in [-0.2, -0.15) is 13.2 Å². The van der Waals surface area contributed by atoms with Gasteiger partial charge in [-0.1, -0.05) is 12.8 Å². The summed E-state index contributed by atoms with van der Waals surface area (Å²) in [5, 5.41) is 2.64. The molecule has 21 heavy (non-hydrogen) atoms. The predicted octanol–water partition coefficient (Wildman–Crippen LogP) is 2.91. The summed E-state index contributed by atoms with van der Waals surface area (Å²) in [7, 11) is 0. The Morgan fingerprint density at radius 1 is 1.33 bits per heavy atom. The van der Waals surface area contributed by atoms with E-state index in [9.17, 15) is 18.0 Å². The lowest BCUT2D eigenvalue weighted by molar-refractivity contribution is -0.137. The first-order chi connectivity index (χ1) is 9.91. The fourth-order valence-electron chi connectivity index (χ4n) is 2.15. The Morgan fingerprint density at radius 2 is 2.05 bits per heavy atom. The Morgan fingerprint density at radius 3 is 2.62 bits per heavy atom. The second-order valence-corrected chi connectivity index (χ2v) is 5.24. The summed E-state index contributed by atoms with van der Waals surface area (Å²) in [4.78, 5) is 11.9. The maximum Gasteiger partial charge on any atom is 0.418 e. The van der Waals surface area contributed by atoms with Crippen LogP contribution in [0.25, 0.3) is 0 Å². The van der Waals surface area contributed by atoms with E-state index >= 15 is 0 Å². The van der Waals surface area contributed by atoms with Gasteiger partial charge >= 0.3 is 6.18 Å². The fourth-order valence-corrected chi connectivity index (χ4v) is 2.15. The van der Waals surface area contributed by atoms with Crippen LogP contribution in [0, 0.1) is 5.92 Å². The lowest BCUT2D eigenvalue weighted by Crippen LogP contribution is -2.25. The minimum absolute atomic E-state index is 0.0206. The normalized spacial score (nSPS) is 14.9. The summed E-state index contributed by atoms with van der Waals surface area (Å²) in [6.45, 7) is 0.480. The molecular formula is C14H18F3N3O. The van der Waals surface area contributed by atoms with Gasteiger partial charge in [-0.25, -0.2) is 0 Å². The number of halogens is 3. The highest BCUT2D eigenvalue weighted by atomic mass is 19.4. The molecule has 7 heteroatoms. The number of alkyl halides is 3. The molecule has 0 spiro atoms. The molecule has 4 nitrogen and oxygen atoms in total. The number of nitrogens with one attached hydrogen (secondary N) is 2. The number of carbonyl (C=O) groups is 1. The van der Waals surface area contributed by atoms with E-state index in [0.29, 0.717) is 6.54 Å². The van der Waals surface area contributed by atoms with Crippen LogP contribution in [-0.2, 0) is 6.18 Å². The largest absolute Gasteiger partial charge is 0.418 e. The van der Waals surface area contributed by atoms with E-state index in [2.05, 4.69) is 5.32 Å². The monoisotopic (exact) mass is 301 g/mol. The molecule has 1 aromatic rings. The van der Waals surface area contributed by atoms with Gasteiger partial charge in [-0.05, 0) is 37.0 Å². The summed E-state index contributed by atoms with van der Waals surface area (Å²) in [6.07, 6.45) is -0.161. The van der Waals surface area contributed by atoms with Gasteiger partial charge in [0.1, 0.15) is 0 Å². The lowest BCUT2D eigenvalue weighted by atomic mass is 10.1. The lowest BCUT2D eigenvalue weighted by Gasteiger charge is -2.14. The van der Waals surface area contributed by atoms with Crippen LogP contribution >= 0.6 is 0 Å². The molecule has 0 saturated heterocycles. The van der Waals surface area contributed by atoms with Crippen molar-refractivity contribution in [3.05, 3.63) is 29.3 Å². The van der Waals surface area contributed by atoms with Crippen LogP contribution in [0.2, 0.25) is 0 Å². The molecule has 1 amide bonds. The Bertz CT molecular complexity index is 513. The van der Waals surface area contributed by atoms with Gasteiger partial charge in [0.2, 0.25) is 0 Å². The molecule has 1 aromatic carbocycles. The highest BCUT2D eigenvalue weighted by molar-refractivity contribution is 5.94. The van der Waals surface area contributed by atoms with Crippen LogP contribution in [-0.4, -0.2) is 12.5 Å². The average Bonchev–Trinajstić information content (AvgIpc) is 3.26. The van der Waals surface area contributed by atoms with Crippen molar-refractivity contribution in [2.75, 3.05) is 12.0 Å². The van der Waals surface area contributed by atoms with E-state index in [1.165, 1.54) is 18.9 Å². The third kappa shape index (κ3) is 4.35. The number of hydrogen-bond donors (Lipinski definition) is 3. The van der Waals surface area contributed by atoms with E-state index in [1.807, 2.05) is 5.43 Å². The Labute approximate surface area is 120 Å². The molecule has 4 N–H and O–H groups in total. The number of nitrogen functional groups attached to an aromatic ring is 1. The molecule has 0 aromatic heterocycles. The molecule has 116 valence electrons. The van der Waals surface area contributed by atoms with Crippen LogP contribution in [0.5, 0.6) is 0 Å². The number of rotatable bonds is 6. The van der Waals surface area contributed by atoms with Crippen molar-refractivity contribution < 1.29 is 18.0 Å². The maximum absolute atomic E-state index is 12.9. The smallest absolute Gasteiger partial charge is 0.352 e. The molecule has 0 unspecified atom stereocenters. The first-order valence-corrected chi connectivity index (χ1v) is 6.88. The zero-order chi connectivity index (χ0) is 15.5. The van der Waals surface area contributed by atoms with E-state index in [-0.39, 0.29) is 11.3 Å². The van der Waals surface area contributed by atoms with Crippen molar-refractivity contribution in [1.29, 1.82) is 0 Å². The fraction of sp³-hybridized carbons (Fsp3) is 0.500. The zero-order valence-electron chi connectivity index (χ0n) is 11.5. The third-order valence-corrected chi connectivity index (χ3v) is 3.51. The summed E-state index contributed by atoms with van der Waals surface area (Å²) in [5.74, 6) is 5.33. The van der Waals surface area contributed by atoms with Crippen molar-refractivity contribution in [1.82, 2.24) is 5.32 Å². The van der Waals surface area contributed by atoms with E-state index in [0.717, 1.165) is 30.9 Å². The number of hydrogen-bond acceptors (Lipinski definition) is 3. The van der Waals surface area contributed by atoms with Gasteiger partial charge < -0.3 is 10.7 Å². The average molecular weight is 301 g/mol. The van der Waals surface area contributed by atoms with Crippen molar-refractivity contribution >= 4 is 11.6 Å². The highest BCUT2D eigenvalue weighted by Crippen LogP contribution is 2.35. The first kappa shape index (κ1) is 15.6. The highest BCUT2D eigenvalue weighted by Gasteiger charge is 2.34. The second kappa shape index (κ2) is 6.34. The van der Waals surface area contributed by atoms with Crippen LogP contribution in [0.4, 0.5) is 18.9 Å². The quantitative estimate of drug-likeness (QED) is 0.430. The minimum Gasteiger partial charge on any atom is -0.352 e. The van der Waals surface area contributed by atoms with Crippen molar-refractivity contribution in [2.24, 2.45) is 11.8 Å². The zero-order valence-corrected chi connectivity index (χ0v) is 11.5. The van der Waals surface area contributed by atoms with Gasteiger partial charge in [-0.15, -0.1) is 0 Å². The van der Waals surface area contributed by atoms with E-state index in [1.54, 1.807) is 0 Å². The van der Waals surface area contributed by atoms with Gasteiger partial charge in [0.25, 0.3) is 5.91 Å². The van der Waals surface area contributed by atoms with Gasteiger partial charge in [0.15, 0.2) is 0 Å². The maximum atomic E-state index is 12.9. The molecule has 1 fully saturated rings. The van der Waals surface area contributed by atoms with Gasteiger partial charge in [0.05, 0.1) is 11.3 Å². The van der Waals surface area contributed by atoms with Crippen LogP contribution < -0.4 is 16.6 Å². The van der Waals surface area contributed by atoms with Crippen LogP contribution in [0.1, 0.15) is 41.6 Å². The van der Waals surface area contributed by atoms with Crippen LogP contribution in [0.3, 0.4) is 0 Å². The topological polar surface area (TPSA) is 67.1 Å². The number of nitrogens with two attached hydrogens (primary N) is 1. The summed E-state index contributed by atoms with van der Waals surface area (Å²) in [5.41, 5.74) is 0.762. The van der Waals surface area contributed by atoms with Crippen molar-refractivity contribution in [2.45, 2.75) is 31.9 Å². The molecule has 2 rings (SSSR count). The molecule has 1 aliphatic carbocycles. The second-order valence-electron chi connectivity index (χ2n) is 5.24. The molecule has 1 saturated carbocycles. The predicted molar refractivity (Wildman–Crippen MR) is 73.5 cm³/mol.